The normalized spacial score (nSPS) is 18.2. The van der Waals surface area contributed by atoms with Crippen molar-refractivity contribution in [3.05, 3.63) is 64.3 Å². The Bertz CT molecular complexity index is 1360. The predicted molar refractivity (Wildman–Crippen MR) is 161 cm³/mol. The van der Waals surface area contributed by atoms with Crippen molar-refractivity contribution in [3.63, 3.8) is 0 Å². The predicted octanol–water partition coefficient (Wildman–Crippen LogP) is 4.41. The molecular weight excluding hydrogens is 556 g/mol. The van der Waals surface area contributed by atoms with Crippen molar-refractivity contribution in [3.8, 4) is 5.75 Å². The van der Waals surface area contributed by atoms with Gasteiger partial charge in [-0.1, -0.05) is 17.7 Å². The van der Waals surface area contributed by atoms with Crippen LogP contribution in [0.2, 0.25) is 5.02 Å². The molecule has 0 radical (unpaired) electrons. The van der Waals surface area contributed by atoms with Gasteiger partial charge in [-0.25, -0.2) is 9.97 Å². The van der Waals surface area contributed by atoms with Gasteiger partial charge in [-0.05, 0) is 74.3 Å². The van der Waals surface area contributed by atoms with Crippen LogP contribution in [0.15, 0.2) is 41.3 Å². The van der Waals surface area contributed by atoms with E-state index >= 15 is 0 Å². The fraction of sp³-hybridized carbons (Fsp3) is 0.516. The number of fused-ring (bicyclic) bond motifs is 1. The highest BCUT2D eigenvalue weighted by atomic mass is 35.5. The summed E-state index contributed by atoms with van der Waals surface area (Å²) in [4.78, 5) is 26.4. The smallest absolute Gasteiger partial charge is 0.251 e. The highest BCUT2D eigenvalue weighted by molar-refractivity contribution is 6.33. The number of anilines is 2. The van der Waals surface area contributed by atoms with Gasteiger partial charge in [0, 0.05) is 50.9 Å². The molecule has 1 aliphatic carbocycles. The molecule has 6 rings (SSSR count). The number of amides is 1. The van der Waals surface area contributed by atoms with Crippen LogP contribution in [0.4, 0.5) is 11.6 Å². The Balaban J connectivity index is 1.03. The molecule has 1 saturated heterocycles. The number of piperidine rings is 1. The summed E-state index contributed by atoms with van der Waals surface area (Å²) in [7, 11) is 0. The molecule has 0 bridgehead atoms. The Morgan fingerprint density at radius 2 is 2.02 bits per heavy atom. The zero-order valence-electron chi connectivity index (χ0n) is 23.9. The number of carbonyl (C=O) groups is 1. The second-order valence-electron chi connectivity index (χ2n) is 11.5. The Hall–Kier alpha value is -3.34. The molecule has 42 heavy (non-hydrogen) atoms. The van der Waals surface area contributed by atoms with Gasteiger partial charge in [0.25, 0.3) is 5.91 Å². The van der Waals surface area contributed by atoms with Crippen LogP contribution >= 0.6 is 11.6 Å². The van der Waals surface area contributed by atoms with Crippen LogP contribution in [-0.2, 0) is 19.6 Å². The number of nitrogens with one attached hydrogen (secondary N) is 2. The first-order valence-electron chi connectivity index (χ1n) is 15.0. The first-order chi connectivity index (χ1) is 20.5. The number of aliphatic hydroxyl groups is 1. The maximum absolute atomic E-state index is 13.2. The number of β-amino-alcohol motifs (C(OH)–C–C–N with tert-alkyl or cyclic N) is 1. The molecule has 224 valence electrons. The van der Waals surface area contributed by atoms with Crippen LogP contribution in [0, 0.1) is 0 Å². The van der Waals surface area contributed by atoms with Crippen LogP contribution in [0.25, 0.3) is 0 Å². The maximum Gasteiger partial charge on any atom is 0.251 e. The number of halogens is 1. The number of rotatable bonds is 11. The Labute approximate surface area is 251 Å². The van der Waals surface area contributed by atoms with E-state index in [4.69, 9.17) is 25.7 Å². The molecular formula is C31H39ClN6O4. The number of aliphatic hydroxyl groups excluding tert-OH is 1. The van der Waals surface area contributed by atoms with E-state index in [-0.39, 0.29) is 19.1 Å². The van der Waals surface area contributed by atoms with Gasteiger partial charge in [-0.2, -0.15) is 0 Å². The van der Waals surface area contributed by atoms with E-state index in [2.05, 4.69) is 25.4 Å². The number of hydrogen-bond donors (Lipinski definition) is 3. The quantitative estimate of drug-likeness (QED) is 0.297. The minimum absolute atomic E-state index is 0.171. The molecule has 4 heterocycles. The van der Waals surface area contributed by atoms with Gasteiger partial charge < -0.3 is 29.8 Å². The second-order valence-corrected chi connectivity index (χ2v) is 11.9. The van der Waals surface area contributed by atoms with Gasteiger partial charge in [0.15, 0.2) is 12.2 Å². The lowest BCUT2D eigenvalue weighted by Crippen LogP contribution is -2.42. The first-order valence-corrected chi connectivity index (χ1v) is 15.4. The SMILES string of the molecule is O=C(NCC(O)CN1CCc2c(ccc(OCc3cnco3)c2Cl)C1)c1cc(NC2CCC2)nc(N2CCCCC2)c1. The molecule has 0 spiro atoms. The summed E-state index contributed by atoms with van der Waals surface area (Å²) in [5.74, 6) is 2.66. The topological polar surface area (TPSA) is 116 Å². The molecule has 3 aromatic rings. The molecule has 1 aromatic carbocycles. The van der Waals surface area contributed by atoms with Crippen LogP contribution in [-0.4, -0.2) is 70.8 Å². The zero-order chi connectivity index (χ0) is 28.9. The summed E-state index contributed by atoms with van der Waals surface area (Å²) in [5, 5.41) is 17.9. The fourth-order valence-corrected chi connectivity index (χ4v) is 6.15. The van der Waals surface area contributed by atoms with E-state index in [9.17, 15) is 9.90 Å². The fourth-order valence-electron chi connectivity index (χ4n) is 5.82. The van der Waals surface area contributed by atoms with Gasteiger partial charge in [-0.3, -0.25) is 9.69 Å². The summed E-state index contributed by atoms with van der Waals surface area (Å²) in [6.45, 7) is 4.22. The summed E-state index contributed by atoms with van der Waals surface area (Å²) >= 11 is 6.68. The second kappa shape index (κ2) is 13.3. The lowest BCUT2D eigenvalue weighted by molar-refractivity contribution is 0.0841. The van der Waals surface area contributed by atoms with Crippen molar-refractivity contribution in [2.75, 3.05) is 42.9 Å². The van der Waals surface area contributed by atoms with Crippen molar-refractivity contribution in [2.45, 2.75) is 70.2 Å². The Morgan fingerprint density at radius 3 is 2.79 bits per heavy atom. The summed E-state index contributed by atoms with van der Waals surface area (Å²) < 4.78 is 11.1. The molecule has 3 N–H and O–H groups in total. The third-order valence-corrected chi connectivity index (χ3v) is 8.82. The van der Waals surface area contributed by atoms with Gasteiger partial charge in [0.1, 0.15) is 24.0 Å². The number of benzene rings is 1. The van der Waals surface area contributed by atoms with Crippen molar-refractivity contribution in [1.82, 2.24) is 20.2 Å². The number of ether oxygens (including phenoxy) is 1. The van der Waals surface area contributed by atoms with E-state index in [0.717, 1.165) is 74.5 Å². The summed E-state index contributed by atoms with van der Waals surface area (Å²) in [6.07, 6.45) is 10.0. The molecule has 1 amide bonds. The van der Waals surface area contributed by atoms with Crippen molar-refractivity contribution in [2.24, 2.45) is 0 Å². The number of oxazole rings is 1. The highest BCUT2D eigenvalue weighted by Crippen LogP contribution is 2.34. The third kappa shape index (κ3) is 6.99. The molecule has 1 saturated carbocycles. The van der Waals surface area contributed by atoms with Gasteiger partial charge >= 0.3 is 0 Å². The van der Waals surface area contributed by atoms with Crippen LogP contribution in [0.5, 0.6) is 5.75 Å². The lowest BCUT2D eigenvalue weighted by Gasteiger charge is -2.31. The average molecular weight is 595 g/mol. The zero-order valence-corrected chi connectivity index (χ0v) is 24.6. The third-order valence-electron chi connectivity index (χ3n) is 8.41. The molecule has 10 nitrogen and oxygen atoms in total. The number of aromatic nitrogens is 2. The van der Waals surface area contributed by atoms with E-state index in [1.807, 2.05) is 24.3 Å². The monoisotopic (exact) mass is 594 g/mol. The van der Waals surface area contributed by atoms with Gasteiger partial charge in [0.05, 0.1) is 17.3 Å². The first kappa shape index (κ1) is 28.8. The van der Waals surface area contributed by atoms with E-state index in [1.54, 1.807) is 6.20 Å². The van der Waals surface area contributed by atoms with Crippen molar-refractivity contribution < 1.29 is 19.1 Å². The lowest BCUT2D eigenvalue weighted by atomic mass is 9.93. The standard InChI is InChI=1S/C31H39ClN6O4/c32-30-26-9-12-37(17-21(26)7-8-27(30)41-19-25-16-33-20-42-25)18-24(39)15-34-31(40)22-13-28(35-23-5-4-6-23)36-29(14-22)38-10-2-1-3-11-38/h7-8,13-14,16,20,23-24,39H,1-6,9-12,15,17-19H2,(H,34,40)(H,35,36). The number of pyridine rings is 1. The van der Waals surface area contributed by atoms with Crippen LogP contribution < -0.4 is 20.3 Å². The van der Waals surface area contributed by atoms with Crippen molar-refractivity contribution in [1.29, 1.82) is 0 Å². The van der Waals surface area contributed by atoms with E-state index < -0.39 is 6.10 Å². The largest absolute Gasteiger partial charge is 0.484 e. The summed E-state index contributed by atoms with van der Waals surface area (Å²) in [5.41, 5.74) is 2.75. The molecule has 2 aromatic heterocycles. The van der Waals surface area contributed by atoms with Crippen LogP contribution in [0.1, 0.15) is 65.8 Å². The van der Waals surface area contributed by atoms with Gasteiger partial charge in [-0.15, -0.1) is 0 Å². The van der Waals surface area contributed by atoms with E-state index in [1.165, 1.54) is 19.2 Å². The molecule has 2 aliphatic heterocycles. The van der Waals surface area contributed by atoms with Gasteiger partial charge in [0.2, 0.25) is 0 Å². The highest BCUT2D eigenvalue weighted by Gasteiger charge is 2.24. The molecule has 1 unspecified atom stereocenters. The molecule has 3 aliphatic rings. The molecule has 2 fully saturated rings. The molecule has 1 atom stereocenters. The number of nitrogens with zero attached hydrogens (tertiary/aromatic N) is 4. The Morgan fingerprint density at radius 1 is 1.17 bits per heavy atom. The van der Waals surface area contributed by atoms with Crippen molar-refractivity contribution >= 4 is 29.1 Å². The molecule has 11 heteroatoms. The van der Waals surface area contributed by atoms with Crippen LogP contribution in [0.3, 0.4) is 0 Å². The van der Waals surface area contributed by atoms with E-state index in [0.29, 0.717) is 41.2 Å². The average Bonchev–Trinajstić information content (AvgIpc) is 3.51. The Kier molecular flexibility index (Phi) is 9.12. The minimum atomic E-state index is -0.702. The minimum Gasteiger partial charge on any atom is -0.484 e. The number of carbonyl (C=O) groups excluding carboxylic acids is 1. The maximum atomic E-state index is 13.2. The number of hydrogen-bond acceptors (Lipinski definition) is 9. The summed E-state index contributed by atoms with van der Waals surface area (Å²) in [6, 6.07) is 8.04.